The van der Waals surface area contributed by atoms with E-state index in [0.717, 1.165) is 16.3 Å². The molecule has 1 aromatic carbocycles. The Hall–Kier alpha value is -1.40. The maximum absolute atomic E-state index is 12.8. The number of aromatic nitrogens is 1. The van der Waals surface area contributed by atoms with E-state index in [1.54, 1.807) is 19.1 Å². The number of hydrogen-bond acceptors (Lipinski definition) is 4. The Morgan fingerprint density at radius 3 is 2.79 bits per heavy atom. The van der Waals surface area contributed by atoms with Crippen LogP contribution in [0.4, 0.5) is 4.39 Å². The van der Waals surface area contributed by atoms with E-state index < -0.39 is 0 Å². The number of benzene rings is 1. The Morgan fingerprint density at radius 2 is 2.16 bits per heavy atom. The molecule has 0 aliphatic rings. The number of carbonyl (C=O) groups excluding carboxylic acids is 1. The summed E-state index contributed by atoms with van der Waals surface area (Å²) in [5, 5.41) is 2.57. The lowest BCUT2D eigenvalue weighted by molar-refractivity contribution is -0.117. The van der Waals surface area contributed by atoms with Gasteiger partial charge in [-0.25, -0.2) is 9.37 Å². The van der Waals surface area contributed by atoms with E-state index in [9.17, 15) is 9.18 Å². The van der Waals surface area contributed by atoms with Crippen molar-refractivity contribution in [2.75, 3.05) is 0 Å². The van der Waals surface area contributed by atoms with Gasteiger partial charge in [-0.3, -0.25) is 4.79 Å². The molecule has 0 saturated carbocycles. The normalized spacial score (nSPS) is 12.3. The first-order valence-corrected chi connectivity index (χ1v) is 7.60. The lowest BCUT2D eigenvalue weighted by atomic mass is 10.2. The van der Waals surface area contributed by atoms with Crippen LogP contribution in [0, 0.1) is 5.82 Å². The third-order valence-electron chi connectivity index (χ3n) is 2.52. The number of amides is 1. The number of nitrogens with two attached hydrogens (primary N) is 1. The van der Waals surface area contributed by atoms with Crippen LogP contribution in [0.3, 0.4) is 0 Å². The van der Waals surface area contributed by atoms with Gasteiger partial charge >= 0.3 is 0 Å². The number of thiazole rings is 1. The molecule has 1 amide bonds. The number of nitrogens with zero attached hydrogens (tertiary/aromatic N) is 1. The SMILES string of the molecule is CC(SCc1csc(-c2ccc(F)cc2)n1)C(N)=O. The predicted octanol–water partition coefficient (Wildman–Crippen LogP) is 3.06. The molecule has 2 N–H and O–H groups in total. The van der Waals surface area contributed by atoms with E-state index in [-0.39, 0.29) is 17.0 Å². The summed E-state index contributed by atoms with van der Waals surface area (Å²) >= 11 is 2.96. The second-order valence-corrected chi connectivity index (χ2v) is 6.19. The van der Waals surface area contributed by atoms with E-state index >= 15 is 0 Å². The van der Waals surface area contributed by atoms with E-state index in [2.05, 4.69) is 4.98 Å². The number of primary amides is 1. The zero-order chi connectivity index (χ0) is 13.8. The Balaban J connectivity index is 2.03. The van der Waals surface area contributed by atoms with Crippen molar-refractivity contribution in [3.63, 3.8) is 0 Å². The first kappa shape index (κ1) is 14.0. The molecule has 0 aliphatic heterocycles. The van der Waals surface area contributed by atoms with E-state index in [1.807, 2.05) is 5.38 Å². The summed E-state index contributed by atoms with van der Waals surface area (Å²) in [6.45, 7) is 1.78. The third-order valence-corrected chi connectivity index (χ3v) is 4.66. The van der Waals surface area contributed by atoms with Crippen LogP contribution >= 0.6 is 23.1 Å². The number of hydrogen-bond donors (Lipinski definition) is 1. The highest BCUT2D eigenvalue weighted by molar-refractivity contribution is 7.99. The number of halogens is 1. The first-order chi connectivity index (χ1) is 9.06. The van der Waals surface area contributed by atoms with Crippen molar-refractivity contribution in [2.24, 2.45) is 5.73 Å². The highest BCUT2D eigenvalue weighted by Gasteiger charge is 2.11. The topological polar surface area (TPSA) is 56.0 Å². The number of thioether (sulfide) groups is 1. The average molecular weight is 296 g/mol. The third kappa shape index (κ3) is 3.78. The fourth-order valence-corrected chi connectivity index (χ4v) is 3.06. The average Bonchev–Trinajstić information content (AvgIpc) is 2.85. The predicted molar refractivity (Wildman–Crippen MR) is 77.5 cm³/mol. The van der Waals surface area contributed by atoms with Gasteiger partial charge in [0.2, 0.25) is 5.91 Å². The summed E-state index contributed by atoms with van der Waals surface area (Å²) in [4.78, 5) is 15.4. The lowest BCUT2D eigenvalue weighted by Gasteiger charge is -2.04. The van der Waals surface area contributed by atoms with Gasteiger partial charge in [0, 0.05) is 16.7 Å². The molecule has 19 heavy (non-hydrogen) atoms. The molecule has 0 aliphatic carbocycles. The van der Waals surface area contributed by atoms with Crippen molar-refractivity contribution < 1.29 is 9.18 Å². The lowest BCUT2D eigenvalue weighted by Crippen LogP contribution is -2.22. The monoisotopic (exact) mass is 296 g/mol. The molecular weight excluding hydrogens is 283 g/mol. The standard InChI is InChI=1S/C13H13FN2OS2/c1-8(12(15)17)18-6-11-7-19-13(16-11)9-2-4-10(14)5-3-9/h2-5,7-8H,6H2,1H3,(H2,15,17). The zero-order valence-electron chi connectivity index (χ0n) is 10.3. The summed E-state index contributed by atoms with van der Waals surface area (Å²) in [7, 11) is 0. The van der Waals surface area contributed by atoms with Crippen molar-refractivity contribution in [3.05, 3.63) is 41.2 Å². The minimum atomic E-state index is -0.320. The van der Waals surface area contributed by atoms with Gasteiger partial charge in [-0.1, -0.05) is 0 Å². The molecule has 1 unspecified atom stereocenters. The van der Waals surface area contributed by atoms with Crippen LogP contribution in [0.15, 0.2) is 29.6 Å². The zero-order valence-corrected chi connectivity index (χ0v) is 11.9. The van der Waals surface area contributed by atoms with Gasteiger partial charge in [-0.05, 0) is 31.2 Å². The molecule has 1 heterocycles. The fourth-order valence-electron chi connectivity index (χ4n) is 1.39. The van der Waals surface area contributed by atoms with Gasteiger partial charge in [0.05, 0.1) is 10.9 Å². The molecule has 6 heteroatoms. The largest absolute Gasteiger partial charge is 0.369 e. The first-order valence-electron chi connectivity index (χ1n) is 5.67. The van der Waals surface area contributed by atoms with Crippen LogP contribution in [0.2, 0.25) is 0 Å². The molecule has 0 bridgehead atoms. The summed E-state index contributed by atoms with van der Waals surface area (Å²) in [6, 6.07) is 6.24. The Kier molecular flexibility index (Phi) is 4.55. The van der Waals surface area contributed by atoms with Gasteiger partial charge in [0.1, 0.15) is 10.8 Å². The maximum Gasteiger partial charge on any atom is 0.230 e. The van der Waals surface area contributed by atoms with Gasteiger partial charge in [-0.2, -0.15) is 0 Å². The number of carbonyl (C=O) groups is 1. The minimum absolute atomic E-state index is 0.226. The van der Waals surface area contributed by atoms with Crippen LogP contribution in [0.5, 0.6) is 0 Å². The van der Waals surface area contributed by atoms with E-state index in [0.29, 0.717) is 5.75 Å². The molecular formula is C13H13FN2OS2. The van der Waals surface area contributed by atoms with Crippen molar-refractivity contribution in [1.82, 2.24) is 4.98 Å². The Labute approximate surface area is 119 Å². The second kappa shape index (κ2) is 6.16. The molecule has 0 spiro atoms. The molecule has 0 radical (unpaired) electrons. The van der Waals surface area contributed by atoms with Crippen LogP contribution in [0.1, 0.15) is 12.6 Å². The van der Waals surface area contributed by atoms with E-state index in [4.69, 9.17) is 5.73 Å². The minimum Gasteiger partial charge on any atom is -0.369 e. The molecule has 2 aromatic rings. The summed E-state index contributed by atoms with van der Waals surface area (Å²) in [6.07, 6.45) is 0. The van der Waals surface area contributed by atoms with Gasteiger partial charge in [0.25, 0.3) is 0 Å². The second-order valence-electron chi connectivity index (χ2n) is 4.01. The number of rotatable bonds is 5. The molecule has 0 fully saturated rings. The highest BCUT2D eigenvalue weighted by atomic mass is 32.2. The van der Waals surface area contributed by atoms with Gasteiger partial charge in [-0.15, -0.1) is 23.1 Å². The molecule has 0 saturated heterocycles. The smallest absolute Gasteiger partial charge is 0.230 e. The molecule has 2 rings (SSSR count). The van der Waals surface area contributed by atoms with E-state index in [1.165, 1.54) is 35.2 Å². The van der Waals surface area contributed by atoms with Crippen LogP contribution < -0.4 is 5.73 Å². The van der Waals surface area contributed by atoms with Gasteiger partial charge < -0.3 is 5.73 Å². The van der Waals surface area contributed by atoms with Crippen LogP contribution in [0.25, 0.3) is 10.6 Å². The maximum atomic E-state index is 12.8. The highest BCUT2D eigenvalue weighted by Crippen LogP contribution is 2.26. The summed E-state index contributed by atoms with van der Waals surface area (Å²) in [5.74, 6) is 0.0623. The van der Waals surface area contributed by atoms with Crippen LogP contribution in [-0.4, -0.2) is 16.1 Å². The Morgan fingerprint density at radius 1 is 1.47 bits per heavy atom. The van der Waals surface area contributed by atoms with Crippen molar-refractivity contribution in [2.45, 2.75) is 17.9 Å². The summed E-state index contributed by atoms with van der Waals surface area (Å²) < 4.78 is 12.8. The molecule has 1 aromatic heterocycles. The van der Waals surface area contributed by atoms with Crippen molar-refractivity contribution in [1.29, 1.82) is 0 Å². The molecule has 1 atom stereocenters. The fraction of sp³-hybridized carbons (Fsp3) is 0.231. The van der Waals surface area contributed by atoms with Gasteiger partial charge in [0.15, 0.2) is 0 Å². The Bertz CT molecular complexity index is 568. The van der Waals surface area contributed by atoms with Crippen molar-refractivity contribution in [3.8, 4) is 10.6 Å². The van der Waals surface area contributed by atoms with Crippen molar-refractivity contribution >= 4 is 29.0 Å². The molecule has 100 valence electrons. The molecule has 3 nitrogen and oxygen atoms in total. The quantitative estimate of drug-likeness (QED) is 0.922. The van der Waals surface area contributed by atoms with Crippen LogP contribution in [-0.2, 0) is 10.5 Å². The summed E-state index contributed by atoms with van der Waals surface area (Å²) in [5.41, 5.74) is 7.00.